The minimum Gasteiger partial charge on any atom is -0.316 e. The zero-order valence-electron chi connectivity index (χ0n) is 13.9. The Morgan fingerprint density at radius 2 is 1.25 bits per heavy atom. The zero-order valence-corrected chi connectivity index (χ0v) is 17.0. The van der Waals surface area contributed by atoms with Crippen LogP contribution in [0.2, 0.25) is 0 Å². The summed E-state index contributed by atoms with van der Waals surface area (Å²) in [5.41, 5.74) is 5.95. The Kier molecular flexibility index (Phi) is 6.90. The molecule has 0 aliphatic carbocycles. The minimum absolute atomic E-state index is 1.03. The number of hydrogen-bond acceptors (Lipinski definition) is 2. The smallest absolute Gasteiger partial charge is 0.0208 e. The maximum atomic E-state index is 3.50. The fraction of sp³-hybridized carbons (Fsp3) is 0.400. The van der Waals surface area contributed by atoms with E-state index in [0.29, 0.717) is 0 Å². The number of nitrogens with one attached hydrogen (secondary N) is 2. The summed E-state index contributed by atoms with van der Waals surface area (Å²) in [6, 6.07) is 13.2. The molecule has 0 atom stereocenters. The summed E-state index contributed by atoms with van der Waals surface area (Å²) in [5, 5.41) is 6.81. The van der Waals surface area contributed by atoms with E-state index in [-0.39, 0.29) is 0 Å². The molecule has 2 aromatic rings. The highest BCUT2D eigenvalue weighted by Gasteiger charge is 2.07. The van der Waals surface area contributed by atoms with Gasteiger partial charge < -0.3 is 10.6 Å². The fourth-order valence-electron chi connectivity index (χ4n) is 3.27. The van der Waals surface area contributed by atoms with Gasteiger partial charge in [-0.05, 0) is 91.8 Å². The molecule has 2 N–H and O–H groups in total. The lowest BCUT2D eigenvalue weighted by Gasteiger charge is -2.04. The molecule has 4 rings (SSSR count). The molecule has 128 valence electrons. The number of benzene rings is 2. The summed E-state index contributed by atoms with van der Waals surface area (Å²) in [4.78, 5) is 0. The van der Waals surface area contributed by atoms with Gasteiger partial charge in [-0.25, -0.2) is 0 Å². The van der Waals surface area contributed by atoms with Crippen molar-refractivity contribution in [1.82, 2.24) is 10.6 Å². The van der Waals surface area contributed by atoms with Crippen LogP contribution in [0, 0.1) is 0 Å². The molecule has 2 aromatic carbocycles. The van der Waals surface area contributed by atoms with Gasteiger partial charge in [0.25, 0.3) is 0 Å². The average molecular weight is 452 g/mol. The summed E-state index contributed by atoms with van der Waals surface area (Å²) >= 11 is 6.99. The molecular weight excluding hydrogens is 428 g/mol. The van der Waals surface area contributed by atoms with Gasteiger partial charge >= 0.3 is 0 Å². The second kappa shape index (κ2) is 9.14. The van der Waals surface area contributed by atoms with Gasteiger partial charge in [-0.2, -0.15) is 0 Å². The van der Waals surface area contributed by atoms with Crippen molar-refractivity contribution in [3.05, 3.63) is 67.6 Å². The van der Waals surface area contributed by atoms with E-state index in [2.05, 4.69) is 78.9 Å². The van der Waals surface area contributed by atoms with Gasteiger partial charge in [0.15, 0.2) is 0 Å². The molecule has 0 spiro atoms. The Bertz CT molecular complexity index is 626. The van der Waals surface area contributed by atoms with Crippen LogP contribution in [0.1, 0.15) is 28.7 Å². The Labute approximate surface area is 161 Å². The molecule has 2 heterocycles. The first-order valence-electron chi connectivity index (χ1n) is 8.68. The first-order valence-corrected chi connectivity index (χ1v) is 10.3. The Morgan fingerprint density at radius 1 is 0.625 bits per heavy atom. The molecule has 0 unspecified atom stereocenters. The Hall–Kier alpha value is -0.680. The van der Waals surface area contributed by atoms with Crippen LogP contribution in [-0.4, -0.2) is 19.6 Å². The van der Waals surface area contributed by atoms with E-state index in [0.717, 1.165) is 32.6 Å². The van der Waals surface area contributed by atoms with Gasteiger partial charge in [-0.3, -0.25) is 0 Å². The van der Waals surface area contributed by atoms with Crippen molar-refractivity contribution in [2.75, 3.05) is 19.6 Å². The van der Waals surface area contributed by atoms with Crippen LogP contribution in [0.25, 0.3) is 0 Å². The van der Waals surface area contributed by atoms with Crippen LogP contribution in [0.3, 0.4) is 0 Å². The van der Waals surface area contributed by atoms with E-state index in [1.54, 1.807) is 0 Å². The van der Waals surface area contributed by atoms with Crippen LogP contribution >= 0.6 is 31.9 Å². The summed E-state index contributed by atoms with van der Waals surface area (Å²) in [7, 11) is 0. The van der Waals surface area contributed by atoms with Gasteiger partial charge in [0.05, 0.1) is 0 Å². The molecule has 2 aliphatic rings. The van der Waals surface area contributed by atoms with Crippen LogP contribution in [-0.2, 0) is 25.8 Å². The molecule has 2 nitrogen and oxygen atoms in total. The van der Waals surface area contributed by atoms with Crippen LogP contribution in [0.4, 0.5) is 0 Å². The number of hydrogen-bond donors (Lipinski definition) is 2. The SMILES string of the molecule is Brc1ccc2c(c1)CCCNC2.Brc1ccc2c(c1)CCNCC2. The van der Waals surface area contributed by atoms with Crippen molar-refractivity contribution < 1.29 is 0 Å². The molecule has 0 bridgehead atoms. The van der Waals surface area contributed by atoms with Gasteiger partial charge in [-0.15, -0.1) is 0 Å². The maximum Gasteiger partial charge on any atom is 0.0208 e. The molecular formula is C20H24Br2N2. The molecule has 24 heavy (non-hydrogen) atoms. The van der Waals surface area contributed by atoms with Crippen molar-refractivity contribution in [2.45, 2.75) is 32.2 Å². The zero-order chi connectivity index (χ0) is 16.8. The van der Waals surface area contributed by atoms with E-state index < -0.39 is 0 Å². The topological polar surface area (TPSA) is 24.1 Å². The monoisotopic (exact) mass is 450 g/mol. The quantitative estimate of drug-likeness (QED) is 0.610. The van der Waals surface area contributed by atoms with Crippen molar-refractivity contribution in [3.63, 3.8) is 0 Å². The van der Waals surface area contributed by atoms with Gasteiger partial charge in [0.2, 0.25) is 0 Å². The minimum atomic E-state index is 1.03. The second-order valence-electron chi connectivity index (χ2n) is 6.36. The largest absolute Gasteiger partial charge is 0.316 e. The number of fused-ring (bicyclic) bond motifs is 2. The summed E-state index contributed by atoms with van der Waals surface area (Å²) in [5.74, 6) is 0. The van der Waals surface area contributed by atoms with Crippen molar-refractivity contribution in [3.8, 4) is 0 Å². The highest BCUT2D eigenvalue weighted by atomic mass is 79.9. The van der Waals surface area contributed by atoms with Crippen molar-refractivity contribution >= 4 is 31.9 Å². The fourth-order valence-corrected chi connectivity index (χ4v) is 4.09. The molecule has 2 aliphatic heterocycles. The Balaban J connectivity index is 0.000000141. The van der Waals surface area contributed by atoms with E-state index in [1.165, 1.54) is 50.5 Å². The standard InChI is InChI=1S/2C10H12BrN/c11-10-2-1-8-3-5-12-6-4-9(8)7-10;11-10-4-3-9-7-12-5-1-2-8(9)6-10/h1-2,7,12H,3-6H2;3-4,6,12H,1-2,5,7H2. The molecule has 0 aromatic heterocycles. The normalized spacial score (nSPS) is 16.8. The molecule has 0 saturated heterocycles. The molecule has 0 radical (unpaired) electrons. The maximum absolute atomic E-state index is 3.50. The van der Waals surface area contributed by atoms with Crippen LogP contribution < -0.4 is 10.6 Å². The van der Waals surface area contributed by atoms with Gasteiger partial charge in [-0.1, -0.05) is 44.0 Å². The number of halogens is 2. The lowest BCUT2D eigenvalue weighted by atomic mass is 10.0. The van der Waals surface area contributed by atoms with E-state index in [9.17, 15) is 0 Å². The van der Waals surface area contributed by atoms with Crippen molar-refractivity contribution in [2.24, 2.45) is 0 Å². The molecule has 0 amide bonds. The first-order chi connectivity index (χ1) is 11.7. The predicted octanol–water partition coefficient (Wildman–Crippen LogP) is 4.62. The van der Waals surface area contributed by atoms with E-state index in [4.69, 9.17) is 0 Å². The summed E-state index contributed by atoms with van der Waals surface area (Å²) in [6.45, 7) is 4.41. The number of rotatable bonds is 0. The third kappa shape index (κ3) is 5.16. The molecule has 0 saturated carbocycles. The van der Waals surface area contributed by atoms with E-state index in [1.807, 2.05) is 0 Å². The van der Waals surface area contributed by atoms with Crippen LogP contribution in [0.5, 0.6) is 0 Å². The van der Waals surface area contributed by atoms with Gasteiger partial charge in [0.1, 0.15) is 0 Å². The first kappa shape index (κ1) is 18.1. The predicted molar refractivity (Wildman–Crippen MR) is 109 cm³/mol. The second-order valence-corrected chi connectivity index (χ2v) is 8.19. The third-order valence-electron chi connectivity index (χ3n) is 4.59. The Morgan fingerprint density at radius 3 is 2.00 bits per heavy atom. The highest BCUT2D eigenvalue weighted by Crippen LogP contribution is 2.20. The lowest BCUT2D eigenvalue weighted by molar-refractivity contribution is 0.681. The third-order valence-corrected chi connectivity index (χ3v) is 5.58. The lowest BCUT2D eigenvalue weighted by Crippen LogP contribution is -2.16. The summed E-state index contributed by atoms with van der Waals surface area (Å²) < 4.78 is 2.39. The van der Waals surface area contributed by atoms with Gasteiger partial charge in [0, 0.05) is 15.5 Å². The molecule has 4 heteroatoms. The number of aryl methyl sites for hydroxylation is 1. The van der Waals surface area contributed by atoms with E-state index >= 15 is 0 Å². The van der Waals surface area contributed by atoms with Crippen molar-refractivity contribution in [1.29, 1.82) is 0 Å². The molecule has 0 fully saturated rings. The highest BCUT2D eigenvalue weighted by molar-refractivity contribution is 9.10. The van der Waals surface area contributed by atoms with Crippen LogP contribution in [0.15, 0.2) is 45.3 Å². The average Bonchev–Trinajstić information content (AvgIpc) is 2.94. The summed E-state index contributed by atoms with van der Waals surface area (Å²) in [6.07, 6.45) is 4.79.